The number of carbonyl (C=O) groups excluding carboxylic acids is 2. The Bertz CT molecular complexity index is 641. The summed E-state index contributed by atoms with van der Waals surface area (Å²) in [4.78, 5) is 26.3. The van der Waals surface area contributed by atoms with Crippen LogP contribution in [0.1, 0.15) is 43.2 Å². The number of hydrogen-bond acceptors (Lipinski definition) is 2. The second-order valence-corrected chi connectivity index (χ2v) is 7.68. The van der Waals surface area contributed by atoms with Gasteiger partial charge in [0, 0.05) is 19.2 Å². The van der Waals surface area contributed by atoms with E-state index in [2.05, 4.69) is 5.32 Å². The van der Waals surface area contributed by atoms with Gasteiger partial charge in [0.15, 0.2) is 0 Å². The molecule has 0 heterocycles. The lowest BCUT2D eigenvalue weighted by Gasteiger charge is -2.24. The number of nitrogens with one attached hydrogen (secondary N) is 1. The van der Waals surface area contributed by atoms with Crippen molar-refractivity contribution in [2.45, 2.75) is 46.0 Å². The summed E-state index contributed by atoms with van der Waals surface area (Å²) in [5.41, 5.74) is 3.05. The lowest BCUT2D eigenvalue weighted by atomic mass is 9.86. The van der Waals surface area contributed by atoms with E-state index in [0.29, 0.717) is 12.3 Å². The van der Waals surface area contributed by atoms with Crippen molar-refractivity contribution < 1.29 is 9.59 Å². The largest absolute Gasteiger partial charge is 0.336 e. The Morgan fingerprint density at radius 1 is 1.21 bits per heavy atom. The molecule has 3 rings (SSSR count). The van der Waals surface area contributed by atoms with Crippen molar-refractivity contribution in [3.8, 4) is 0 Å². The zero-order chi connectivity index (χ0) is 17.3. The minimum atomic E-state index is -0.132. The fourth-order valence-electron chi connectivity index (χ4n) is 4.39. The summed E-state index contributed by atoms with van der Waals surface area (Å²) in [5.74, 6) is 2.11. The molecule has 2 aliphatic carbocycles. The van der Waals surface area contributed by atoms with Gasteiger partial charge in [0.1, 0.15) is 0 Å². The van der Waals surface area contributed by atoms with Crippen LogP contribution in [-0.2, 0) is 9.59 Å². The van der Waals surface area contributed by atoms with Crippen LogP contribution in [0.15, 0.2) is 18.2 Å². The van der Waals surface area contributed by atoms with Crippen molar-refractivity contribution in [3.05, 3.63) is 29.3 Å². The number of amides is 2. The van der Waals surface area contributed by atoms with Gasteiger partial charge in [-0.15, -0.1) is 0 Å². The number of hydrogen-bond donors (Lipinski definition) is 1. The molecule has 1 N–H and O–H groups in total. The Morgan fingerprint density at radius 2 is 2.00 bits per heavy atom. The Morgan fingerprint density at radius 3 is 2.67 bits per heavy atom. The molecular weight excluding hydrogens is 300 g/mol. The van der Waals surface area contributed by atoms with E-state index in [9.17, 15) is 9.59 Å². The highest BCUT2D eigenvalue weighted by atomic mass is 16.2. The highest BCUT2D eigenvalue weighted by Crippen LogP contribution is 2.49. The molecule has 0 spiro atoms. The highest BCUT2D eigenvalue weighted by Gasteiger charge is 2.40. The lowest BCUT2D eigenvalue weighted by molar-refractivity contribution is -0.134. The summed E-state index contributed by atoms with van der Waals surface area (Å²) >= 11 is 0. The number of carbonyl (C=O) groups is 2. The minimum absolute atomic E-state index is 0.101. The van der Waals surface area contributed by atoms with E-state index in [0.717, 1.165) is 28.7 Å². The molecule has 0 aromatic heterocycles. The molecule has 1 aromatic rings. The van der Waals surface area contributed by atoms with Gasteiger partial charge in [-0.1, -0.05) is 18.6 Å². The second kappa shape index (κ2) is 6.96. The Balaban J connectivity index is 1.50. The maximum atomic E-state index is 12.4. The van der Waals surface area contributed by atoms with Crippen LogP contribution >= 0.6 is 0 Å². The molecule has 2 amide bonds. The normalized spacial score (nSPS) is 24.9. The lowest BCUT2D eigenvalue weighted by Crippen LogP contribution is -2.36. The summed E-state index contributed by atoms with van der Waals surface area (Å²) in [6.45, 7) is 4.14. The van der Waals surface area contributed by atoms with Crippen LogP contribution in [0.4, 0.5) is 5.69 Å². The Labute approximate surface area is 144 Å². The van der Waals surface area contributed by atoms with E-state index < -0.39 is 0 Å². The molecule has 0 radical (unpaired) electrons. The average molecular weight is 328 g/mol. The van der Waals surface area contributed by atoms with Crippen LogP contribution in [0.5, 0.6) is 0 Å². The van der Waals surface area contributed by atoms with Crippen LogP contribution in [-0.4, -0.2) is 30.3 Å². The smallest absolute Gasteiger partial charge is 0.243 e. The Hall–Kier alpha value is -1.84. The quantitative estimate of drug-likeness (QED) is 0.899. The SMILES string of the molecule is Cc1cccc(NC(=O)CN(C)C(=O)C[C@@H]2C[C@H]3CC[C@@H]2C3)c1C. The third-order valence-corrected chi connectivity index (χ3v) is 6.01. The fourth-order valence-corrected chi connectivity index (χ4v) is 4.39. The van der Waals surface area contributed by atoms with Gasteiger partial charge in [0.05, 0.1) is 6.54 Å². The second-order valence-electron chi connectivity index (χ2n) is 7.68. The van der Waals surface area contributed by atoms with Gasteiger partial charge < -0.3 is 10.2 Å². The first kappa shape index (κ1) is 17.0. The Kier molecular flexibility index (Phi) is 4.93. The molecule has 0 saturated heterocycles. The van der Waals surface area contributed by atoms with Crippen molar-refractivity contribution >= 4 is 17.5 Å². The van der Waals surface area contributed by atoms with E-state index in [1.54, 1.807) is 11.9 Å². The summed E-state index contributed by atoms with van der Waals surface area (Å²) < 4.78 is 0. The topological polar surface area (TPSA) is 49.4 Å². The molecule has 4 nitrogen and oxygen atoms in total. The molecule has 3 atom stereocenters. The first-order valence-electron chi connectivity index (χ1n) is 9.04. The highest BCUT2D eigenvalue weighted by molar-refractivity contribution is 5.95. The molecule has 2 saturated carbocycles. The van der Waals surface area contributed by atoms with Gasteiger partial charge in [-0.2, -0.15) is 0 Å². The maximum Gasteiger partial charge on any atom is 0.243 e. The predicted molar refractivity (Wildman–Crippen MR) is 95.7 cm³/mol. The van der Waals surface area contributed by atoms with Crippen LogP contribution in [0.25, 0.3) is 0 Å². The molecule has 0 unspecified atom stereocenters. The molecule has 4 heteroatoms. The summed E-state index contributed by atoms with van der Waals surface area (Å²) in [5, 5.41) is 2.92. The molecular formula is C20H28N2O2. The van der Waals surface area contributed by atoms with Crippen LogP contribution < -0.4 is 5.32 Å². The number of nitrogens with zero attached hydrogens (tertiary/aromatic N) is 1. The monoisotopic (exact) mass is 328 g/mol. The summed E-state index contributed by atoms with van der Waals surface area (Å²) in [6, 6.07) is 5.86. The predicted octanol–water partition coefficient (Wildman–Crippen LogP) is 3.53. The van der Waals surface area contributed by atoms with Gasteiger partial charge in [0.25, 0.3) is 0 Å². The number of benzene rings is 1. The van der Waals surface area contributed by atoms with Crippen molar-refractivity contribution in [3.63, 3.8) is 0 Å². The van der Waals surface area contributed by atoms with Crippen molar-refractivity contribution in [1.82, 2.24) is 4.90 Å². The summed E-state index contributed by atoms with van der Waals surface area (Å²) in [6.07, 6.45) is 5.77. The molecule has 1 aromatic carbocycles. The number of likely N-dealkylation sites (N-methyl/N-ethyl adjacent to an activating group) is 1. The van der Waals surface area contributed by atoms with Crippen LogP contribution in [0, 0.1) is 31.6 Å². The standard InChI is InChI=1S/C20H28N2O2/c1-13-5-4-6-18(14(13)2)21-19(23)12-22(3)20(24)11-17-10-15-7-8-16(17)9-15/h4-6,15-17H,7-12H2,1-3H3,(H,21,23)/t15-,16+,17-/m0/s1. The zero-order valence-corrected chi connectivity index (χ0v) is 15.0. The first-order valence-corrected chi connectivity index (χ1v) is 9.04. The molecule has 2 aliphatic rings. The van der Waals surface area contributed by atoms with Gasteiger partial charge in [0.2, 0.25) is 11.8 Å². The molecule has 2 fully saturated rings. The number of fused-ring (bicyclic) bond motifs is 2. The molecule has 130 valence electrons. The van der Waals surface area contributed by atoms with E-state index in [-0.39, 0.29) is 18.4 Å². The van der Waals surface area contributed by atoms with E-state index in [1.165, 1.54) is 25.7 Å². The van der Waals surface area contributed by atoms with Gasteiger partial charge in [-0.25, -0.2) is 0 Å². The average Bonchev–Trinajstić information content (AvgIpc) is 3.14. The molecule has 2 bridgehead atoms. The van der Waals surface area contributed by atoms with Crippen molar-refractivity contribution in [1.29, 1.82) is 0 Å². The fraction of sp³-hybridized carbons (Fsp3) is 0.600. The van der Waals surface area contributed by atoms with Crippen molar-refractivity contribution in [2.24, 2.45) is 17.8 Å². The maximum absolute atomic E-state index is 12.4. The first-order chi connectivity index (χ1) is 11.4. The number of anilines is 1. The van der Waals surface area contributed by atoms with Crippen molar-refractivity contribution in [2.75, 3.05) is 18.9 Å². The van der Waals surface area contributed by atoms with Gasteiger partial charge in [-0.3, -0.25) is 9.59 Å². The van der Waals surface area contributed by atoms with E-state index >= 15 is 0 Å². The number of rotatable bonds is 5. The van der Waals surface area contributed by atoms with E-state index in [4.69, 9.17) is 0 Å². The van der Waals surface area contributed by atoms with Gasteiger partial charge in [-0.05, 0) is 68.1 Å². The molecule has 24 heavy (non-hydrogen) atoms. The number of aryl methyl sites for hydroxylation is 1. The molecule has 0 aliphatic heterocycles. The van der Waals surface area contributed by atoms with Gasteiger partial charge >= 0.3 is 0 Å². The minimum Gasteiger partial charge on any atom is -0.336 e. The van der Waals surface area contributed by atoms with E-state index in [1.807, 2.05) is 32.0 Å². The third-order valence-electron chi connectivity index (χ3n) is 6.01. The van der Waals surface area contributed by atoms with Crippen LogP contribution in [0.3, 0.4) is 0 Å². The third kappa shape index (κ3) is 3.63. The summed E-state index contributed by atoms with van der Waals surface area (Å²) in [7, 11) is 1.73. The zero-order valence-electron chi connectivity index (χ0n) is 15.0. The van der Waals surface area contributed by atoms with Crippen LogP contribution in [0.2, 0.25) is 0 Å².